The SMILES string of the molecule is N#CC1[C]OC=C1. The van der Waals surface area contributed by atoms with Crippen molar-refractivity contribution in [1.82, 2.24) is 0 Å². The molecule has 0 aromatic heterocycles. The summed E-state index contributed by atoms with van der Waals surface area (Å²) < 4.78 is 4.49. The lowest BCUT2D eigenvalue weighted by Gasteiger charge is -1.84. The molecule has 1 aliphatic rings. The summed E-state index contributed by atoms with van der Waals surface area (Å²) in [7, 11) is 0. The van der Waals surface area contributed by atoms with E-state index in [0.717, 1.165) is 0 Å². The van der Waals surface area contributed by atoms with Gasteiger partial charge in [0.1, 0.15) is 5.92 Å². The maximum absolute atomic E-state index is 8.12. The molecule has 0 amide bonds. The number of hydrogen-bond acceptors (Lipinski definition) is 2. The van der Waals surface area contributed by atoms with Crippen molar-refractivity contribution in [3.05, 3.63) is 18.9 Å². The Morgan fingerprint density at radius 1 is 1.86 bits per heavy atom. The van der Waals surface area contributed by atoms with Gasteiger partial charge in [0.2, 0.25) is 6.61 Å². The summed E-state index contributed by atoms with van der Waals surface area (Å²) in [5.41, 5.74) is 0. The van der Waals surface area contributed by atoms with E-state index in [1.807, 2.05) is 6.07 Å². The summed E-state index contributed by atoms with van der Waals surface area (Å²) >= 11 is 0. The van der Waals surface area contributed by atoms with Crippen molar-refractivity contribution in [3.63, 3.8) is 0 Å². The van der Waals surface area contributed by atoms with Gasteiger partial charge in [0.25, 0.3) is 0 Å². The highest BCUT2D eigenvalue weighted by atomic mass is 16.5. The molecule has 0 saturated heterocycles. The summed E-state index contributed by atoms with van der Waals surface area (Å²) in [6.07, 6.45) is 3.09. The summed E-state index contributed by atoms with van der Waals surface area (Å²) in [6.45, 7) is 2.43. The largest absolute Gasteiger partial charge is 0.484 e. The predicted molar refractivity (Wildman–Crippen MR) is 22.6 cm³/mol. The normalized spacial score (nSPS) is 26.4. The Morgan fingerprint density at radius 2 is 2.71 bits per heavy atom. The molecule has 1 aliphatic heterocycles. The van der Waals surface area contributed by atoms with Crippen molar-refractivity contribution >= 4 is 0 Å². The van der Waals surface area contributed by atoms with Gasteiger partial charge < -0.3 is 4.74 Å². The van der Waals surface area contributed by atoms with Crippen molar-refractivity contribution in [2.75, 3.05) is 0 Å². The van der Waals surface area contributed by atoms with Crippen LogP contribution in [0.2, 0.25) is 0 Å². The maximum Gasteiger partial charge on any atom is 0.217 e. The third-order valence-electron chi connectivity index (χ3n) is 0.673. The van der Waals surface area contributed by atoms with Gasteiger partial charge in [-0.3, -0.25) is 0 Å². The first-order valence-corrected chi connectivity index (χ1v) is 1.91. The summed E-state index contributed by atoms with van der Waals surface area (Å²) in [5.74, 6) is -0.250. The van der Waals surface area contributed by atoms with Gasteiger partial charge in [0, 0.05) is 0 Å². The van der Waals surface area contributed by atoms with Crippen LogP contribution in [0.15, 0.2) is 12.3 Å². The number of nitriles is 1. The molecular formula is C5H3NO. The number of hydrogen-bond donors (Lipinski definition) is 0. The van der Waals surface area contributed by atoms with Crippen molar-refractivity contribution in [3.8, 4) is 6.07 Å². The van der Waals surface area contributed by atoms with Crippen LogP contribution < -0.4 is 0 Å². The first-order valence-electron chi connectivity index (χ1n) is 1.91. The monoisotopic (exact) mass is 93.0 g/mol. The van der Waals surface area contributed by atoms with Crippen molar-refractivity contribution < 1.29 is 4.74 Å². The fourth-order valence-corrected chi connectivity index (χ4v) is 0.339. The van der Waals surface area contributed by atoms with Gasteiger partial charge in [-0.05, 0) is 6.08 Å². The van der Waals surface area contributed by atoms with E-state index in [9.17, 15) is 0 Å². The molecule has 0 bridgehead atoms. The number of nitrogens with zero attached hydrogens (tertiary/aromatic N) is 1. The molecule has 0 N–H and O–H groups in total. The number of rotatable bonds is 0. The van der Waals surface area contributed by atoms with Gasteiger partial charge in [-0.2, -0.15) is 5.26 Å². The molecule has 1 rings (SSSR count). The zero-order valence-electron chi connectivity index (χ0n) is 3.59. The minimum Gasteiger partial charge on any atom is -0.484 e. The van der Waals surface area contributed by atoms with E-state index < -0.39 is 0 Å². The lowest BCUT2D eigenvalue weighted by atomic mass is 10.2. The Labute approximate surface area is 42.0 Å². The average Bonchev–Trinajstić information content (AvgIpc) is 2.14. The van der Waals surface area contributed by atoms with Crippen LogP contribution in [-0.4, -0.2) is 0 Å². The van der Waals surface area contributed by atoms with Crippen LogP contribution in [0.4, 0.5) is 0 Å². The third kappa shape index (κ3) is 0.716. The minimum absolute atomic E-state index is 0.250. The highest BCUT2D eigenvalue weighted by Gasteiger charge is 2.09. The molecule has 34 valence electrons. The van der Waals surface area contributed by atoms with Crippen LogP contribution in [0.25, 0.3) is 0 Å². The fraction of sp³-hybridized carbons (Fsp3) is 0.200. The third-order valence-corrected chi connectivity index (χ3v) is 0.673. The zero-order chi connectivity index (χ0) is 5.11. The Balaban J connectivity index is 2.47. The molecule has 2 nitrogen and oxygen atoms in total. The van der Waals surface area contributed by atoms with Gasteiger partial charge in [-0.15, -0.1) is 0 Å². The maximum atomic E-state index is 8.12. The second-order valence-corrected chi connectivity index (χ2v) is 1.17. The molecule has 0 aromatic carbocycles. The van der Waals surface area contributed by atoms with Gasteiger partial charge in [0.05, 0.1) is 12.3 Å². The van der Waals surface area contributed by atoms with E-state index in [1.165, 1.54) is 6.26 Å². The Hall–Kier alpha value is -0.970. The molecule has 7 heavy (non-hydrogen) atoms. The van der Waals surface area contributed by atoms with Crippen LogP contribution in [0, 0.1) is 23.9 Å². The fourth-order valence-electron chi connectivity index (χ4n) is 0.339. The molecule has 1 atom stereocenters. The van der Waals surface area contributed by atoms with Crippen molar-refractivity contribution in [2.45, 2.75) is 0 Å². The summed E-state index contributed by atoms with van der Waals surface area (Å²) in [5, 5.41) is 8.12. The standard InChI is InChI=1S/C5H3NO/c6-3-5-1-2-7-4-5/h1-2,5H. The summed E-state index contributed by atoms with van der Waals surface area (Å²) in [4.78, 5) is 0. The average molecular weight is 93.1 g/mol. The molecule has 1 heterocycles. The molecule has 0 aliphatic carbocycles. The molecule has 0 aromatic rings. The van der Waals surface area contributed by atoms with Crippen molar-refractivity contribution in [2.24, 2.45) is 5.92 Å². The lowest BCUT2D eigenvalue weighted by Crippen LogP contribution is -1.84. The van der Waals surface area contributed by atoms with Gasteiger partial charge in [-0.25, -0.2) is 0 Å². The molecule has 0 spiro atoms. The smallest absolute Gasteiger partial charge is 0.217 e. The van der Waals surface area contributed by atoms with Gasteiger partial charge in [-0.1, -0.05) is 0 Å². The van der Waals surface area contributed by atoms with Crippen LogP contribution >= 0.6 is 0 Å². The van der Waals surface area contributed by atoms with Crippen LogP contribution in [0.5, 0.6) is 0 Å². The van der Waals surface area contributed by atoms with Gasteiger partial charge in [0.15, 0.2) is 0 Å². The lowest BCUT2D eigenvalue weighted by molar-refractivity contribution is 0.343. The highest BCUT2D eigenvalue weighted by molar-refractivity contribution is 5.06. The van der Waals surface area contributed by atoms with Crippen LogP contribution in [0.1, 0.15) is 0 Å². The van der Waals surface area contributed by atoms with Crippen LogP contribution in [-0.2, 0) is 4.74 Å². The Bertz CT molecular complexity index is 123. The second kappa shape index (κ2) is 1.65. The van der Waals surface area contributed by atoms with E-state index in [4.69, 9.17) is 5.26 Å². The quantitative estimate of drug-likeness (QED) is 0.441. The van der Waals surface area contributed by atoms with Crippen molar-refractivity contribution in [1.29, 1.82) is 5.26 Å². The zero-order valence-corrected chi connectivity index (χ0v) is 3.59. The van der Waals surface area contributed by atoms with E-state index in [0.29, 0.717) is 0 Å². The van der Waals surface area contributed by atoms with E-state index in [2.05, 4.69) is 11.3 Å². The predicted octanol–water partition coefficient (Wildman–Crippen LogP) is 0.709. The Kier molecular flexibility index (Phi) is 0.991. The highest BCUT2D eigenvalue weighted by Crippen LogP contribution is 2.09. The van der Waals surface area contributed by atoms with E-state index in [1.54, 1.807) is 6.08 Å². The first-order chi connectivity index (χ1) is 3.43. The molecule has 1 unspecified atom stereocenters. The van der Waals surface area contributed by atoms with Crippen LogP contribution in [0.3, 0.4) is 0 Å². The van der Waals surface area contributed by atoms with E-state index >= 15 is 0 Å². The molecule has 0 saturated carbocycles. The topological polar surface area (TPSA) is 33.0 Å². The second-order valence-electron chi connectivity index (χ2n) is 1.17. The summed E-state index contributed by atoms with van der Waals surface area (Å²) in [6, 6.07) is 1.94. The van der Waals surface area contributed by atoms with Gasteiger partial charge >= 0.3 is 0 Å². The molecule has 2 radical (unpaired) electrons. The minimum atomic E-state index is -0.250. The molecule has 2 heteroatoms. The first kappa shape index (κ1) is 4.20. The molecular weight excluding hydrogens is 90.1 g/mol. The Morgan fingerprint density at radius 3 is 3.00 bits per heavy atom. The molecule has 0 fully saturated rings. The van der Waals surface area contributed by atoms with E-state index in [-0.39, 0.29) is 5.92 Å². The number of ether oxygens (including phenoxy) is 1.